The molecule has 0 aliphatic rings. The summed E-state index contributed by atoms with van der Waals surface area (Å²) in [7, 11) is 0. The first kappa shape index (κ1) is 20.1. The summed E-state index contributed by atoms with van der Waals surface area (Å²) in [5.41, 5.74) is 7.57. The van der Waals surface area contributed by atoms with Crippen LogP contribution < -0.4 is 21.7 Å². The molecule has 2 aromatic carbocycles. The first-order valence-corrected chi connectivity index (χ1v) is 8.77. The maximum atomic E-state index is 12.0. The highest BCUT2D eigenvalue weighted by atomic mass is 16.2. The largest absolute Gasteiger partial charge is 0.355 e. The summed E-state index contributed by atoms with van der Waals surface area (Å²) in [4.78, 5) is 35.5. The van der Waals surface area contributed by atoms with Crippen LogP contribution in [-0.2, 0) is 11.3 Å². The zero-order valence-electron chi connectivity index (χ0n) is 15.0. The van der Waals surface area contributed by atoms with Crippen LogP contribution in [-0.4, -0.2) is 37.4 Å². The molecule has 0 fully saturated rings. The van der Waals surface area contributed by atoms with Crippen molar-refractivity contribution in [1.29, 1.82) is 0 Å². The zero-order chi connectivity index (χ0) is 19.5. The van der Waals surface area contributed by atoms with Gasteiger partial charge in [0.15, 0.2) is 0 Å². The molecule has 0 atom stereocenters. The van der Waals surface area contributed by atoms with Crippen molar-refractivity contribution < 1.29 is 14.4 Å². The van der Waals surface area contributed by atoms with Gasteiger partial charge in [-0.3, -0.25) is 14.4 Å². The van der Waals surface area contributed by atoms with E-state index in [0.29, 0.717) is 37.2 Å². The van der Waals surface area contributed by atoms with Crippen LogP contribution in [0.15, 0.2) is 54.6 Å². The minimum Gasteiger partial charge on any atom is -0.355 e. The Balaban J connectivity index is 1.58. The molecule has 0 saturated heterocycles. The molecular weight excluding hydrogens is 344 g/mol. The molecule has 0 aliphatic heterocycles. The molecular formula is C20H24N4O3. The van der Waals surface area contributed by atoms with Crippen molar-refractivity contribution in [3.8, 4) is 0 Å². The van der Waals surface area contributed by atoms with E-state index in [4.69, 9.17) is 5.73 Å². The number of carbonyl (C=O) groups is 3. The normalized spacial score (nSPS) is 10.1. The lowest BCUT2D eigenvalue weighted by Crippen LogP contribution is -2.38. The fourth-order valence-electron chi connectivity index (χ4n) is 2.33. The molecule has 0 aliphatic carbocycles. The maximum absolute atomic E-state index is 12.0. The lowest BCUT2D eigenvalue weighted by Gasteiger charge is -2.08. The monoisotopic (exact) mass is 368 g/mol. The van der Waals surface area contributed by atoms with Gasteiger partial charge in [-0.15, -0.1) is 0 Å². The molecule has 2 aromatic rings. The van der Waals surface area contributed by atoms with Crippen molar-refractivity contribution in [3.05, 3.63) is 71.3 Å². The van der Waals surface area contributed by atoms with E-state index in [1.807, 2.05) is 18.2 Å². The smallest absolute Gasteiger partial charge is 0.251 e. The summed E-state index contributed by atoms with van der Waals surface area (Å²) in [5, 5.41) is 8.05. The van der Waals surface area contributed by atoms with Crippen LogP contribution in [0.5, 0.6) is 0 Å². The van der Waals surface area contributed by atoms with Crippen LogP contribution in [0.1, 0.15) is 32.7 Å². The molecule has 27 heavy (non-hydrogen) atoms. The van der Waals surface area contributed by atoms with Crippen LogP contribution in [0.3, 0.4) is 0 Å². The summed E-state index contributed by atoms with van der Waals surface area (Å²) >= 11 is 0. The van der Waals surface area contributed by atoms with Crippen molar-refractivity contribution in [2.45, 2.75) is 13.0 Å². The molecule has 0 heterocycles. The molecule has 7 heteroatoms. The van der Waals surface area contributed by atoms with Gasteiger partial charge in [0.1, 0.15) is 0 Å². The number of hydrogen-bond acceptors (Lipinski definition) is 4. The van der Waals surface area contributed by atoms with Gasteiger partial charge in [-0.05, 0) is 36.2 Å². The second-order valence-electron chi connectivity index (χ2n) is 5.91. The zero-order valence-corrected chi connectivity index (χ0v) is 15.0. The Labute approximate surface area is 158 Å². The van der Waals surface area contributed by atoms with Gasteiger partial charge in [0.25, 0.3) is 11.8 Å². The maximum Gasteiger partial charge on any atom is 0.251 e. The lowest BCUT2D eigenvalue weighted by molar-refractivity contribution is -0.120. The molecule has 0 saturated carbocycles. The molecule has 3 amide bonds. The van der Waals surface area contributed by atoms with Gasteiger partial charge in [-0.25, -0.2) is 0 Å². The van der Waals surface area contributed by atoms with E-state index in [-0.39, 0.29) is 24.3 Å². The minimum absolute atomic E-state index is 0.0897. The summed E-state index contributed by atoms with van der Waals surface area (Å²) in [6, 6.07) is 15.8. The molecule has 5 N–H and O–H groups in total. The molecule has 0 unspecified atom stereocenters. The third kappa shape index (κ3) is 6.91. The first-order valence-electron chi connectivity index (χ1n) is 8.77. The van der Waals surface area contributed by atoms with Crippen molar-refractivity contribution in [1.82, 2.24) is 16.0 Å². The van der Waals surface area contributed by atoms with Gasteiger partial charge in [0.05, 0.1) is 6.54 Å². The van der Waals surface area contributed by atoms with Crippen LogP contribution in [0.4, 0.5) is 0 Å². The molecule has 0 spiro atoms. The van der Waals surface area contributed by atoms with Crippen LogP contribution in [0, 0.1) is 0 Å². The predicted molar refractivity (Wildman–Crippen MR) is 103 cm³/mol. The Morgan fingerprint density at radius 3 is 2.00 bits per heavy atom. The van der Waals surface area contributed by atoms with E-state index in [1.165, 1.54) is 0 Å². The molecule has 2 rings (SSSR count). The Bertz CT molecular complexity index is 761. The van der Waals surface area contributed by atoms with E-state index in [0.717, 1.165) is 5.56 Å². The van der Waals surface area contributed by atoms with Gasteiger partial charge < -0.3 is 21.7 Å². The quantitative estimate of drug-likeness (QED) is 0.491. The number of carbonyl (C=O) groups excluding carboxylic acids is 3. The van der Waals surface area contributed by atoms with Crippen molar-refractivity contribution >= 4 is 17.7 Å². The number of amides is 3. The number of nitrogens with two attached hydrogens (primary N) is 1. The fourth-order valence-corrected chi connectivity index (χ4v) is 2.33. The first-order chi connectivity index (χ1) is 13.1. The van der Waals surface area contributed by atoms with E-state index >= 15 is 0 Å². The highest BCUT2D eigenvalue weighted by molar-refractivity contribution is 5.96. The summed E-state index contributed by atoms with van der Waals surface area (Å²) in [6.07, 6.45) is 0.588. The number of rotatable bonds is 9. The average molecular weight is 368 g/mol. The highest BCUT2D eigenvalue weighted by Gasteiger charge is 2.07. The van der Waals surface area contributed by atoms with Gasteiger partial charge in [-0.2, -0.15) is 0 Å². The minimum atomic E-state index is -0.293. The van der Waals surface area contributed by atoms with Gasteiger partial charge in [0.2, 0.25) is 5.91 Å². The Hall–Kier alpha value is -3.19. The van der Waals surface area contributed by atoms with E-state index in [1.54, 1.807) is 36.4 Å². The second kappa shape index (κ2) is 10.7. The average Bonchev–Trinajstić information content (AvgIpc) is 2.72. The van der Waals surface area contributed by atoms with Crippen molar-refractivity contribution in [2.24, 2.45) is 5.73 Å². The third-order valence-electron chi connectivity index (χ3n) is 3.86. The Morgan fingerprint density at radius 1 is 0.741 bits per heavy atom. The fraction of sp³-hybridized carbons (Fsp3) is 0.250. The van der Waals surface area contributed by atoms with Crippen LogP contribution in [0.2, 0.25) is 0 Å². The van der Waals surface area contributed by atoms with E-state index in [2.05, 4.69) is 16.0 Å². The van der Waals surface area contributed by atoms with E-state index < -0.39 is 0 Å². The molecule has 142 valence electrons. The molecule has 7 nitrogen and oxygen atoms in total. The number of hydrogen-bond donors (Lipinski definition) is 4. The topological polar surface area (TPSA) is 113 Å². The molecule has 0 bridgehead atoms. The standard InChI is InChI=1S/C20H24N4O3/c21-13-15-7-9-17(10-8-15)19(26)23-12-4-11-22-18(25)14-24-20(27)16-5-2-1-3-6-16/h1-3,5-10H,4,11-14,21H2,(H,22,25)(H,23,26)(H,24,27). The number of nitrogens with one attached hydrogen (secondary N) is 3. The predicted octanol–water partition coefficient (Wildman–Crippen LogP) is 0.811. The van der Waals surface area contributed by atoms with Gasteiger partial charge >= 0.3 is 0 Å². The lowest BCUT2D eigenvalue weighted by atomic mass is 10.1. The molecule has 0 aromatic heterocycles. The Morgan fingerprint density at radius 2 is 1.33 bits per heavy atom. The summed E-state index contributed by atoms with van der Waals surface area (Å²) in [6.45, 7) is 1.20. The van der Waals surface area contributed by atoms with E-state index in [9.17, 15) is 14.4 Å². The van der Waals surface area contributed by atoms with Crippen molar-refractivity contribution in [2.75, 3.05) is 19.6 Å². The van der Waals surface area contributed by atoms with Gasteiger partial charge in [-0.1, -0.05) is 30.3 Å². The summed E-state index contributed by atoms with van der Waals surface area (Å²) in [5.74, 6) is -0.735. The van der Waals surface area contributed by atoms with Gasteiger partial charge in [0, 0.05) is 30.8 Å². The SMILES string of the molecule is NCc1ccc(C(=O)NCCCNC(=O)CNC(=O)c2ccccc2)cc1. The Kier molecular flexibility index (Phi) is 7.99. The van der Waals surface area contributed by atoms with Crippen LogP contribution >= 0.6 is 0 Å². The molecule has 0 radical (unpaired) electrons. The summed E-state index contributed by atoms with van der Waals surface area (Å²) < 4.78 is 0. The highest BCUT2D eigenvalue weighted by Crippen LogP contribution is 2.03. The van der Waals surface area contributed by atoms with Crippen molar-refractivity contribution in [3.63, 3.8) is 0 Å². The second-order valence-corrected chi connectivity index (χ2v) is 5.91. The van der Waals surface area contributed by atoms with Crippen LogP contribution in [0.25, 0.3) is 0 Å². The third-order valence-corrected chi connectivity index (χ3v) is 3.86. The number of benzene rings is 2.